The summed E-state index contributed by atoms with van der Waals surface area (Å²) in [5.74, 6) is 0.128. The fourth-order valence-electron chi connectivity index (χ4n) is 3.91. The number of aliphatic hydroxyl groups is 1. The van der Waals surface area contributed by atoms with Gasteiger partial charge in [0.25, 0.3) is 0 Å². The predicted molar refractivity (Wildman–Crippen MR) is 106 cm³/mol. The number of carbonyl (C=O) groups excluding carboxylic acids is 2. The molecule has 1 amide bonds. The Morgan fingerprint density at radius 2 is 1.86 bits per heavy atom. The summed E-state index contributed by atoms with van der Waals surface area (Å²) in [5.41, 5.74) is 5.49. The molecule has 6 nitrogen and oxygen atoms in total. The van der Waals surface area contributed by atoms with E-state index in [1.165, 1.54) is 4.90 Å². The van der Waals surface area contributed by atoms with Gasteiger partial charge >= 0.3 is 0 Å². The first-order chi connectivity index (χ1) is 13.5. The van der Waals surface area contributed by atoms with Crippen LogP contribution in [0.15, 0.2) is 54.6 Å². The molecule has 1 heterocycles. The molecule has 2 unspecified atom stereocenters. The standard InChI is InChI=1S/C22H26N2O4/c1-2-28-19-10-8-16(9-11-19)21(27)22(17-6-4-3-5-7-17)14-18(25)12-13-24(22)20(26)15-23/h3-11,18,25H,2,12-15,23H2,1H3. The number of carbonyl (C=O) groups is 2. The lowest BCUT2D eigenvalue weighted by Gasteiger charge is -2.48. The molecule has 2 aromatic carbocycles. The van der Waals surface area contributed by atoms with Crippen molar-refractivity contribution in [2.75, 3.05) is 19.7 Å². The smallest absolute Gasteiger partial charge is 0.237 e. The third kappa shape index (κ3) is 3.66. The molecule has 148 valence electrons. The van der Waals surface area contributed by atoms with E-state index in [1.807, 2.05) is 37.3 Å². The van der Waals surface area contributed by atoms with Crippen LogP contribution in [-0.2, 0) is 10.3 Å². The van der Waals surface area contributed by atoms with Crippen LogP contribution >= 0.6 is 0 Å². The van der Waals surface area contributed by atoms with Crippen LogP contribution in [0.3, 0.4) is 0 Å². The first-order valence-electron chi connectivity index (χ1n) is 9.54. The molecule has 0 aliphatic carbocycles. The minimum atomic E-state index is -1.29. The van der Waals surface area contributed by atoms with Crippen LogP contribution in [0.25, 0.3) is 0 Å². The van der Waals surface area contributed by atoms with E-state index in [2.05, 4.69) is 0 Å². The molecule has 2 atom stereocenters. The van der Waals surface area contributed by atoms with Gasteiger partial charge < -0.3 is 20.5 Å². The van der Waals surface area contributed by atoms with Crippen molar-refractivity contribution in [2.24, 2.45) is 5.73 Å². The predicted octanol–water partition coefficient (Wildman–Crippen LogP) is 2.11. The molecule has 1 aliphatic rings. The second-order valence-electron chi connectivity index (χ2n) is 6.91. The van der Waals surface area contributed by atoms with Gasteiger partial charge in [0.05, 0.1) is 19.3 Å². The van der Waals surface area contributed by atoms with Gasteiger partial charge in [0.1, 0.15) is 11.3 Å². The molecular formula is C22H26N2O4. The number of nitrogens with two attached hydrogens (primary N) is 1. The van der Waals surface area contributed by atoms with Gasteiger partial charge in [-0.3, -0.25) is 9.59 Å². The summed E-state index contributed by atoms with van der Waals surface area (Å²) in [5, 5.41) is 10.4. The van der Waals surface area contributed by atoms with E-state index in [4.69, 9.17) is 10.5 Å². The fourth-order valence-corrected chi connectivity index (χ4v) is 3.91. The third-order valence-corrected chi connectivity index (χ3v) is 5.21. The quantitative estimate of drug-likeness (QED) is 0.747. The lowest BCUT2D eigenvalue weighted by molar-refractivity contribution is -0.139. The Labute approximate surface area is 164 Å². The molecule has 6 heteroatoms. The third-order valence-electron chi connectivity index (χ3n) is 5.21. The summed E-state index contributed by atoms with van der Waals surface area (Å²) in [6.45, 7) is 2.51. The SMILES string of the molecule is CCOc1ccc(C(=O)C2(c3ccccc3)CC(O)CCN2C(=O)CN)cc1. The minimum Gasteiger partial charge on any atom is -0.494 e. The normalized spacial score (nSPS) is 22.0. The molecule has 0 spiro atoms. The Hall–Kier alpha value is -2.70. The second-order valence-corrected chi connectivity index (χ2v) is 6.91. The second kappa shape index (κ2) is 8.54. The van der Waals surface area contributed by atoms with Gasteiger partial charge in [-0.1, -0.05) is 30.3 Å². The highest BCUT2D eigenvalue weighted by Gasteiger charge is 2.51. The van der Waals surface area contributed by atoms with Crippen LogP contribution in [-0.4, -0.2) is 47.5 Å². The van der Waals surface area contributed by atoms with Gasteiger partial charge in [0.2, 0.25) is 5.91 Å². The van der Waals surface area contributed by atoms with Crippen molar-refractivity contribution >= 4 is 11.7 Å². The van der Waals surface area contributed by atoms with E-state index in [0.29, 0.717) is 29.9 Å². The first kappa shape index (κ1) is 20.0. The lowest BCUT2D eigenvalue weighted by Crippen LogP contribution is -2.60. The number of hydrogen-bond acceptors (Lipinski definition) is 5. The summed E-state index contributed by atoms with van der Waals surface area (Å²) in [6, 6.07) is 16.0. The van der Waals surface area contributed by atoms with E-state index in [1.54, 1.807) is 24.3 Å². The Morgan fingerprint density at radius 3 is 2.46 bits per heavy atom. The molecule has 2 aromatic rings. The molecule has 1 fully saturated rings. The van der Waals surface area contributed by atoms with Crippen LogP contribution in [0.4, 0.5) is 0 Å². The zero-order chi connectivity index (χ0) is 20.1. The number of nitrogens with zero attached hydrogens (tertiary/aromatic N) is 1. The van der Waals surface area contributed by atoms with Crippen LogP contribution in [0, 0.1) is 0 Å². The molecular weight excluding hydrogens is 356 g/mol. The Morgan fingerprint density at radius 1 is 1.18 bits per heavy atom. The molecule has 1 aliphatic heterocycles. The molecule has 28 heavy (non-hydrogen) atoms. The Bertz CT molecular complexity index is 822. The maximum atomic E-state index is 13.8. The van der Waals surface area contributed by atoms with E-state index in [9.17, 15) is 14.7 Å². The zero-order valence-electron chi connectivity index (χ0n) is 16.0. The van der Waals surface area contributed by atoms with Crippen LogP contribution in [0.1, 0.15) is 35.7 Å². The minimum absolute atomic E-state index is 0.134. The number of hydrogen-bond donors (Lipinski definition) is 2. The largest absolute Gasteiger partial charge is 0.494 e. The Kier molecular flexibility index (Phi) is 6.11. The van der Waals surface area contributed by atoms with Gasteiger partial charge in [-0.05, 0) is 43.2 Å². The number of ketones is 1. The van der Waals surface area contributed by atoms with Crippen LogP contribution in [0.5, 0.6) is 5.75 Å². The maximum Gasteiger partial charge on any atom is 0.237 e. The first-order valence-corrected chi connectivity index (χ1v) is 9.54. The van der Waals surface area contributed by atoms with Crippen molar-refractivity contribution in [3.05, 3.63) is 65.7 Å². The van der Waals surface area contributed by atoms with Gasteiger partial charge in [-0.15, -0.1) is 0 Å². The summed E-state index contributed by atoms with van der Waals surface area (Å²) < 4.78 is 5.46. The average molecular weight is 382 g/mol. The topological polar surface area (TPSA) is 92.9 Å². The van der Waals surface area contributed by atoms with E-state index >= 15 is 0 Å². The number of aliphatic hydroxyl groups excluding tert-OH is 1. The molecule has 0 bridgehead atoms. The monoisotopic (exact) mass is 382 g/mol. The summed E-state index contributed by atoms with van der Waals surface area (Å²) >= 11 is 0. The Balaban J connectivity index is 2.12. The lowest BCUT2D eigenvalue weighted by atomic mass is 9.74. The molecule has 3 N–H and O–H groups in total. The van der Waals surface area contributed by atoms with Crippen molar-refractivity contribution in [2.45, 2.75) is 31.4 Å². The average Bonchev–Trinajstić information content (AvgIpc) is 2.74. The highest BCUT2D eigenvalue weighted by Crippen LogP contribution is 2.41. The van der Waals surface area contributed by atoms with Gasteiger partial charge in [0, 0.05) is 18.5 Å². The number of benzene rings is 2. The number of rotatable bonds is 6. The maximum absolute atomic E-state index is 13.8. The van der Waals surface area contributed by atoms with Gasteiger partial charge in [0.15, 0.2) is 5.78 Å². The number of amides is 1. The molecule has 0 saturated carbocycles. The number of likely N-dealkylation sites (tertiary alicyclic amines) is 1. The van der Waals surface area contributed by atoms with Crippen molar-refractivity contribution in [3.63, 3.8) is 0 Å². The molecule has 1 saturated heterocycles. The van der Waals surface area contributed by atoms with Crippen molar-refractivity contribution < 1.29 is 19.4 Å². The molecule has 3 rings (SSSR count). The van der Waals surface area contributed by atoms with E-state index in [0.717, 1.165) is 0 Å². The number of piperidine rings is 1. The van der Waals surface area contributed by atoms with Crippen molar-refractivity contribution in [1.82, 2.24) is 4.90 Å². The molecule has 0 aromatic heterocycles. The fraction of sp³-hybridized carbons (Fsp3) is 0.364. The van der Waals surface area contributed by atoms with Gasteiger partial charge in [-0.2, -0.15) is 0 Å². The van der Waals surface area contributed by atoms with Crippen LogP contribution < -0.4 is 10.5 Å². The van der Waals surface area contributed by atoms with Crippen molar-refractivity contribution in [1.29, 1.82) is 0 Å². The highest BCUT2D eigenvalue weighted by atomic mass is 16.5. The number of ether oxygens (including phenoxy) is 1. The van der Waals surface area contributed by atoms with E-state index in [-0.39, 0.29) is 31.2 Å². The van der Waals surface area contributed by atoms with E-state index < -0.39 is 11.6 Å². The highest BCUT2D eigenvalue weighted by molar-refractivity contribution is 6.06. The van der Waals surface area contributed by atoms with Gasteiger partial charge in [-0.25, -0.2) is 0 Å². The summed E-state index contributed by atoms with van der Waals surface area (Å²) in [6.07, 6.45) is -0.139. The van der Waals surface area contributed by atoms with Crippen molar-refractivity contribution in [3.8, 4) is 5.75 Å². The summed E-state index contributed by atoms with van der Waals surface area (Å²) in [4.78, 5) is 28.0. The number of Topliss-reactive ketones (excluding diaryl/α,β-unsaturated/α-hetero) is 1. The zero-order valence-corrected chi connectivity index (χ0v) is 16.0. The molecule has 0 radical (unpaired) electrons. The van der Waals surface area contributed by atoms with Crippen LogP contribution in [0.2, 0.25) is 0 Å². The summed E-state index contributed by atoms with van der Waals surface area (Å²) in [7, 11) is 0.